The molecule has 0 amide bonds. The maximum absolute atomic E-state index is 12.2. The summed E-state index contributed by atoms with van der Waals surface area (Å²) in [6, 6.07) is 17.9. The van der Waals surface area contributed by atoms with Gasteiger partial charge in [0, 0.05) is 19.5 Å². The lowest BCUT2D eigenvalue weighted by molar-refractivity contribution is 0.554. The smallest absolute Gasteiger partial charge is 0.272 e. The molecule has 5 rings (SSSR count). The second-order valence-electron chi connectivity index (χ2n) is 6.23. The third-order valence-electron chi connectivity index (χ3n) is 4.84. The van der Waals surface area contributed by atoms with Gasteiger partial charge in [-0.3, -0.25) is 4.79 Å². The Morgan fingerprint density at radius 1 is 1.00 bits per heavy atom. The van der Waals surface area contributed by atoms with Gasteiger partial charge in [-0.05, 0) is 23.8 Å². The molecule has 25 heavy (non-hydrogen) atoms. The number of hydrogen-bond acceptors (Lipinski definition) is 4. The van der Waals surface area contributed by atoms with E-state index in [0.717, 1.165) is 27.9 Å². The van der Waals surface area contributed by atoms with Crippen LogP contribution in [0.2, 0.25) is 0 Å². The van der Waals surface area contributed by atoms with E-state index in [1.807, 2.05) is 42.5 Å². The van der Waals surface area contributed by atoms with E-state index in [2.05, 4.69) is 27.6 Å². The van der Waals surface area contributed by atoms with Gasteiger partial charge in [-0.25, -0.2) is 5.10 Å². The quantitative estimate of drug-likeness (QED) is 0.573. The van der Waals surface area contributed by atoms with Gasteiger partial charge in [-0.2, -0.15) is 5.10 Å². The van der Waals surface area contributed by atoms with E-state index in [0.29, 0.717) is 5.39 Å². The Labute approximate surface area is 146 Å². The van der Waals surface area contributed by atoms with Crippen LogP contribution in [0.15, 0.2) is 76.3 Å². The molecule has 0 saturated heterocycles. The van der Waals surface area contributed by atoms with Crippen LogP contribution >= 0.6 is 0 Å². The molecule has 4 aromatic rings. The number of nitrogens with one attached hydrogen (secondary N) is 2. The average molecular weight is 333 g/mol. The van der Waals surface area contributed by atoms with Gasteiger partial charge in [0.1, 0.15) is 0 Å². The lowest BCUT2D eigenvalue weighted by atomic mass is 9.81. The first-order valence-corrected chi connectivity index (χ1v) is 8.18. The molecule has 1 aliphatic heterocycles. The summed E-state index contributed by atoms with van der Waals surface area (Å²) in [5, 5.41) is 12.2. The number of aromatic amines is 1. The van der Waals surface area contributed by atoms with E-state index in [9.17, 15) is 4.79 Å². The predicted octanol–water partition coefficient (Wildman–Crippen LogP) is 4.31. The minimum absolute atomic E-state index is 0. The van der Waals surface area contributed by atoms with Crippen LogP contribution in [-0.2, 0) is 0 Å². The van der Waals surface area contributed by atoms with Crippen molar-refractivity contribution in [2.45, 2.75) is 12.0 Å². The van der Waals surface area contributed by atoms with Crippen molar-refractivity contribution in [3.8, 4) is 0 Å². The highest BCUT2D eigenvalue weighted by molar-refractivity contribution is 5.97. The highest BCUT2D eigenvalue weighted by Gasteiger charge is 2.35. The van der Waals surface area contributed by atoms with Gasteiger partial charge in [0.15, 0.2) is 0 Å². The van der Waals surface area contributed by atoms with E-state index in [1.54, 1.807) is 12.5 Å². The van der Waals surface area contributed by atoms with Crippen molar-refractivity contribution in [2.24, 2.45) is 0 Å². The summed E-state index contributed by atoms with van der Waals surface area (Å²) in [6.07, 6.45) is 3.41. The molecule has 2 atom stereocenters. The maximum atomic E-state index is 12.2. The molecule has 0 spiro atoms. The Balaban J connectivity index is 0.00000105. The van der Waals surface area contributed by atoms with Crippen LogP contribution < -0.4 is 10.9 Å². The number of nitrogens with zero attached hydrogens (tertiary/aromatic N) is 1. The van der Waals surface area contributed by atoms with Gasteiger partial charge in [0.25, 0.3) is 5.56 Å². The Kier molecular flexibility index (Phi) is 3.00. The molecular formula is C20H19N3O2. The minimum Gasteiger partial charge on any atom is -0.472 e. The van der Waals surface area contributed by atoms with Crippen molar-refractivity contribution in [1.29, 1.82) is 0 Å². The zero-order valence-corrected chi connectivity index (χ0v) is 13.3. The summed E-state index contributed by atoms with van der Waals surface area (Å²) in [6.45, 7) is 0. The molecule has 1 aliphatic rings. The molecule has 3 heterocycles. The zero-order valence-electron chi connectivity index (χ0n) is 13.3. The van der Waals surface area contributed by atoms with Crippen LogP contribution in [-0.4, -0.2) is 10.2 Å². The molecular weight excluding hydrogens is 314 g/mol. The Hall–Kier alpha value is -3.34. The topological polar surface area (TPSA) is 70.9 Å². The molecule has 2 aromatic heterocycles. The van der Waals surface area contributed by atoms with Gasteiger partial charge in [-0.1, -0.05) is 36.4 Å². The molecule has 2 aromatic carbocycles. The Bertz CT molecular complexity index is 1110. The SMILES string of the molecule is O=c1[nH]nc2c3c(cccc13)NC(c1ccccc1)C2c1ccoc1.[HH].[HH]. The molecule has 0 fully saturated rings. The van der Waals surface area contributed by atoms with Crippen molar-refractivity contribution in [3.05, 3.63) is 94.3 Å². The number of rotatable bonds is 2. The molecule has 0 aliphatic carbocycles. The minimum atomic E-state index is -0.175. The lowest BCUT2D eigenvalue weighted by Gasteiger charge is -2.33. The molecule has 5 heteroatoms. The van der Waals surface area contributed by atoms with E-state index < -0.39 is 0 Å². The fraction of sp³-hybridized carbons (Fsp3) is 0.100. The molecule has 0 saturated carbocycles. The van der Waals surface area contributed by atoms with Crippen molar-refractivity contribution in [1.82, 2.24) is 10.2 Å². The molecule has 2 unspecified atom stereocenters. The third kappa shape index (κ3) is 2.09. The average Bonchev–Trinajstić information content (AvgIpc) is 3.19. The van der Waals surface area contributed by atoms with E-state index >= 15 is 0 Å². The third-order valence-corrected chi connectivity index (χ3v) is 4.84. The number of benzene rings is 2. The van der Waals surface area contributed by atoms with Crippen LogP contribution in [0.1, 0.15) is 31.6 Å². The Morgan fingerprint density at radius 3 is 2.68 bits per heavy atom. The Morgan fingerprint density at radius 2 is 1.88 bits per heavy atom. The first-order valence-electron chi connectivity index (χ1n) is 8.18. The fourth-order valence-corrected chi connectivity index (χ4v) is 3.74. The first-order chi connectivity index (χ1) is 12.3. The summed E-state index contributed by atoms with van der Waals surface area (Å²) in [4.78, 5) is 12.2. The molecule has 126 valence electrons. The summed E-state index contributed by atoms with van der Waals surface area (Å²) in [5.74, 6) is -0.0598. The van der Waals surface area contributed by atoms with Crippen LogP contribution in [0.4, 0.5) is 5.69 Å². The highest BCUT2D eigenvalue weighted by atomic mass is 16.3. The second-order valence-corrected chi connectivity index (χ2v) is 6.23. The molecule has 5 nitrogen and oxygen atoms in total. The van der Waals surface area contributed by atoms with Gasteiger partial charge < -0.3 is 9.73 Å². The zero-order chi connectivity index (χ0) is 16.8. The monoisotopic (exact) mass is 333 g/mol. The van der Waals surface area contributed by atoms with E-state index in [1.165, 1.54) is 0 Å². The van der Waals surface area contributed by atoms with Gasteiger partial charge in [-0.15, -0.1) is 0 Å². The predicted molar refractivity (Wildman–Crippen MR) is 99.9 cm³/mol. The number of furan rings is 1. The molecule has 0 radical (unpaired) electrons. The summed E-state index contributed by atoms with van der Waals surface area (Å²) in [7, 11) is 0. The summed E-state index contributed by atoms with van der Waals surface area (Å²) >= 11 is 0. The normalized spacial score (nSPS) is 18.9. The van der Waals surface area contributed by atoms with Crippen molar-refractivity contribution in [2.75, 3.05) is 5.32 Å². The van der Waals surface area contributed by atoms with Crippen LogP contribution in [0.3, 0.4) is 0 Å². The van der Waals surface area contributed by atoms with Gasteiger partial charge >= 0.3 is 0 Å². The van der Waals surface area contributed by atoms with Crippen molar-refractivity contribution in [3.63, 3.8) is 0 Å². The van der Waals surface area contributed by atoms with E-state index in [4.69, 9.17) is 4.42 Å². The molecule has 2 N–H and O–H groups in total. The van der Waals surface area contributed by atoms with Crippen molar-refractivity contribution >= 4 is 16.5 Å². The lowest BCUT2D eigenvalue weighted by Crippen LogP contribution is -2.27. The number of hydrogen-bond donors (Lipinski definition) is 2. The van der Waals surface area contributed by atoms with Crippen molar-refractivity contribution < 1.29 is 7.27 Å². The number of anilines is 1. The number of H-pyrrole nitrogens is 1. The van der Waals surface area contributed by atoms with Crippen LogP contribution in [0.25, 0.3) is 10.8 Å². The summed E-state index contributed by atoms with van der Waals surface area (Å²) < 4.78 is 5.33. The number of aromatic nitrogens is 2. The van der Waals surface area contributed by atoms with Crippen LogP contribution in [0.5, 0.6) is 0 Å². The summed E-state index contributed by atoms with van der Waals surface area (Å²) in [5.41, 5.74) is 3.80. The first kappa shape index (κ1) is 14.0. The highest BCUT2D eigenvalue weighted by Crippen LogP contribution is 2.46. The standard InChI is InChI=1S/C20H15N3O2.2H2/c24-20-14-7-4-8-15-17(14)19(22-23-20)16(13-9-10-25-11-13)18(21-15)12-5-2-1-3-6-12;;/h1-11,16,18,21H,(H,23,24);2*1H. The fourth-order valence-electron chi connectivity index (χ4n) is 3.74. The maximum Gasteiger partial charge on any atom is 0.272 e. The molecule has 0 bridgehead atoms. The van der Waals surface area contributed by atoms with Gasteiger partial charge in [0.05, 0.1) is 35.6 Å². The largest absolute Gasteiger partial charge is 0.472 e. The van der Waals surface area contributed by atoms with Gasteiger partial charge in [0.2, 0.25) is 0 Å². The van der Waals surface area contributed by atoms with E-state index in [-0.39, 0.29) is 20.4 Å². The second kappa shape index (κ2) is 5.34. The van der Waals surface area contributed by atoms with Crippen LogP contribution in [0, 0.1) is 0 Å².